The molecule has 0 spiro atoms. The maximum Gasteiger partial charge on any atom is 0.116 e. The lowest BCUT2D eigenvalue weighted by atomic mass is 9.94. The molecule has 1 N–H and O–H groups in total. The van der Waals surface area contributed by atoms with E-state index in [1.165, 1.54) is 33.8 Å². The third-order valence-electron chi connectivity index (χ3n) is 5.96. The van der Waals surface area contributed by atoms with Crippen molar-refractivity contribution in [2.75, 3.05) is 0 Å². The average Bonchev–Trinajstić information content (AvgIpc) is 3.18. The number of aliphatic imine (C=N–C) groups is 1. The van der Waals surface area contributed by atoms with Gasteiger partial charge < -0.3 is 10.2 Å². The molecule has 0 amide bonds. The van der Waals surface area contributed by atoms with Crippen molar-refractivity contribution >= 4 is 5.71 Å². The molecule has 1 saturated heterocycles. The van der Waals surface area contributed by atoms with Crippen molar-refractivity contribution in [2.24, 2.45) is 4.99 Å². The first-order chi connectivity index (χ1) is 17.0. The number of allylic oxidation sites excluding steroid dienone is 7. The summed E-state index contributed by atoms with van der Waals surface area (Å²) < 4.78 is 0. The summed E-state index contributed by atoms with van der Waals surface area (Å²) in [6, 6.07) is 9.02. The molecule has 1 fully saturated rings. The first kappa shape index (κ1) is 30.0. The molecule has 1 aromatic rings. The molecule has 2 aliphatic heterocycles. The fourth-order valence-corrected chi connectivity index (χ4v) is 4.51. The molecule has 0 bridgehead atoms. The van der Waals surface area contributed by atoms with E-state index in [0.717, 1.165) is 25.0 Å². The summed E-state index contributed by atoms with van der Waals surface area (Å²) in [5.41, 5.74) is 8.36. The van der Waals surface area contributed by atoms with Crippen LogP contribution in [0.25, 0.3) is 0 Å². The average molecular weight is 474 g/mol. The number of aryl methyl sites for hydroxylation is 1. The first-order valence-corrected chi connectivity index (χ1v) is 13.2. The number of hydrogen-bond acceptors (Lipinski definition) is 3. The van der Waals surface area contributed by atoms with Crippen LogP contribution < -0.4 is 5.32 Å². The molecule has 1 aromatic carbocycles. The molecule has 1 unspecified atom stereocenters. The molecular weight excluding hydrogens is 426 g/mol. The van der Waals surface area contributed by atoms with Crippen molar-refractivity contribution in [1.29, 1.82) is 0 Å². The minimum absolute atomic E-state index is 0.251. The van der Waals surface area contributed by atoms with Gasteiger partial charge in [-0.3, -0.25) is 4.99 Å². The molecule has 3 heteroatoms. The van der Waals surface area contributed by atoms with E-state index in [1.807, 2.05) is 40.7 Å². The standard InChI is InChI=1S/C28H35N3.2C2H6/c1-7-12-24(29-11-5)19-23-17-18-27-25(9-3)30-28(6,31(27)26(23)10-4)20-22-15-13-21(8-2)14-16-22;2*1-2/h7,9-18,30H,5,8,19-20H2,1-4,6H3;2*1-2H3/b12-7-,25-9?,26-10+,29-24?;;. The summed E-state index contributed by atoms with van der Waals surface area (Å²) in [5.74, 6) is 0. The SMILES string of the molecule is C=CN=C(/C=C\C)CC1=CC=C2C(=CC)NC(C)(Cc3ccc(CC)cc3)N2/C1=C/C.CC.CC. The number of nitrogens with zero attached hydrogens (tertiary/aromatic N) is 2. The van der Waals surface area contributed by atoms with Crippen LogP contribution in [0, 0.1) is 0 Å². The fourth-order valence-electron chi connectivity index (χ4n) is 4.51. The number of rotatable bonds is 7. The molecule has 2 aliphatic rings. The Morgan fingerprint density at radius 2 is 1.63 bits per heavy atom. The van der Waals surface area contributed by atoms with Crippen molar-refractivity contribution in [3.05, 3.63) is 107 Å². The van der Waals surface area contributed by atoms with Gasteiger partial charge in [0.15, 0.2) is 0 Å². The molecule has 2 heterocycles. The van der Waals surface area contributed by atoms with Gasteiger partial charge in [0.1, 0.15) is 5.66 Å². The van der Waals surface area contributed by atoms with E-state index in [9.17, 15) is 0 Å². The Morgan fingerprint density at radius 1 is 1.00 bits per heavy atom. The zero-order chi connectivity index (χ0) is 26.4. The van der Waals surface area contributed by atoms with Crippen LogP contribution in [0.5, 0.6) is 0 Å². The predicted molar refractivity (Wildman–Crippen MR) is 156 cm³/mol. The van der Waals surface area contributed by atoms with Gasteiger partial charge in [0.2, 0.25) is 0 Å². The van der Waals surface area contributed by atoms with Crippen LogP contribution in [0.15, 0.2) is 101 Å². The minimum atomic E-state index is -0.251. The van der Waals surface area contributed by atoms with E-state index in [2.05, 4.69) is 104 Å². The largest absolute Gasteiger partial charge is 0.361 e. The van der Waals surface area contributed by atoms with Gasteiger partial charge in [-0.25, -0.2) is 0 Å². The monoisotopic (exact) mass is 473 g/mol. The normalized spacial score (nSPS) is 21.4. The minimum Gasteiger partial charge on any atom is -0.361 e. The summed E-state index contributed by atoms with van der Waals surface area (Å²) in [7, 11) is 0. The quantitative estimate of drug-likeness (QED) is 0.401. The molecule has 3 nitrogen and oxygen atoms in total. The number of nitrogens with one attached hydrogen (secondary N) is 1. The fraction of sp³-hybridized carbons (Fsp3) is 0.406. The lowest BCUT2D eigenvalue weighted by Crippen LogP contribution is -2.50. The van der Waals surface area contributed by atoms with Crippen LogP contribution >= 0.6 is 0 Å². The lowest BCUT2D eigenvalue weighted by molar-refractivity contribution is 0.206. The zero-order valence-electron chi connectivity index (χ0n) is 23.6. The maximum atomic E-state index is 4.47. The molecular formula is C32H47N3. The molecule has 35 heavy (non-hydrogen) atoms. The number of fused-ring (bicyclic) bond motifs is 1. The van der Waals surface area contributed by atoms with Gasteiger partial charge in [-0.1, -0.05) is 89.8 Å². The van der Waals surface area contributed by atoms with Crippen LogP contribution in [-0.4, -0.2) is 16.3 Å². The summed E-state index contributed by atoms with van der Waals surface area (Å²) in [4.78, 5) is 6.94. The summed E-state index contributed by atoms with van der Waals surface area (Å²) >= 11 is 0. The molecule has 0 radical (unpaired) electrons. The van der Waals surface area contributed by atoms with E-state index in [0.29, 0.717) is 0 Å². The van der Waals surface area contributed by atoms with Gasteiger partial charge in [0.05, 0.1) is 11.4 Å². The molecule has 0 aromatic heterocycles. The van der Waals surface area contributed by atoms with E-state index in [1.54, 1.807) is 6.20 Å². The van der Waals surface area contributed by atoms with E-state index in [-0.39, 0.29) is 5.66 Å². The van der Waals surface area contributed by atoms with Crippen LogP contribution in [-0.2, 0) is 12.8 Å². The Labute approximate surface area is 215 Å². The first-order valence-electron chi connectivity index (χ1n) is 13.2. The van der Waals surface area contributed by atoms with Crippen molar-refractivity contribution in [3.63, 3.8) is 0 Å². The van der Waals surface area contributed by atoms with E-state index < -0.39 is 0 Å². The van der Waals surface area contributed by atoms with Gasteiger partial charge in [-0.05, 0) is 63.0 Å². The Balaban J connectivity index is 0.00000145. The topological polar surface area (TPSA) is 27.6 Å². The molecule has 1 atom stereocenters. The van der Waals surface area contributed by atoms with Gasteiger partial charge in [-0.15, -0.1) is 0 Å². The molecule has 190 valence electrons. The van der Waals surface area contributed by atoms with Crippen LogP contribution in [0.3, 0.4) is 0 Å². The Bertz CT molecular complexity index is 1000. The summed E-state index contributed by atoms with van der Waals surface area (Å²) in [5, 5.41) is 3.81. The zero-order valence-corrected chi connectivity index (χ0v) is 23.6. The Morgan fingerprint density at radius 3 is 2.14 bits per heavy atom. The third kappa shape index (κ3) is 7.21. The van der Waals surface area contributed by atoms with Gasteiger partial charge in [0, 0.05) is 30.5 Å². The maximum absolute atomic E-state index is 4.47. The Hall–Kier alpha value is -3.07. The van der Waals surface area contributed by atoms with Gasteiger partial charge in [-0.2, -0.15) is 0 Å². The molecule has 0 saturated carbocycles. The van der Waals surface area contributed by atoms with Crippen LogP contribution in [0.2, 0.25) is 0 Å². The van der Waals surface area contributed by atoms with Crippen molar-refractivity contribution in [1.82, 2.24) is 10.2 Å². The van der Waals surface area contributed by atoms with Crippen LogP contribution in [0.1, 0.15) is 79.9 Å². The second-order valence-corrected chi connectivity index (χ2v) is 8.18. The van der Waals surface area contributed by atoms with Gasteiger partial charge in [0.25, 0.3) is 0 Å². The highest BCUT2D eigenvalue weighted by atomic mass is 15.4. The summed E-state index contributed by atoms with van der Waals surface area (Å²) in [6.45, 7) is 22.5. The summed E-state index contributed by atoms with van der Waals surface area (Å²) in [6.07, 6.45) is 17.3. The van der Waals surface area contributed by atoms with Gasteiger partial charge >= 0.3 is 0 Å². The van der Waals surface area contributed by atoms with Crippen molar-refractivity contribution in [2.45, 2.75) is 87.2 Å². The van der Waals surface area contributed by atoms with Crippen molar-refractivity contribution in [3.8, 4) is 0 Å². The predicted octanol–water partition coefficient (Wildman–Crippen LogP) is 8.65. The molecule has 3 rings (SSSR count). The highest BCUT2D eigenvalue weighted by Crippen LogP contribution is 2.42. The van der Waals surface area contributed by atoms with E-state index >= 15 is 0 Å². The lowest BCUT2D eigenvalue weighted by Gasteiger charge is -2.40. The van der Waals surface area contributed by atoms with Crippen LogP contribution in [0.4, 0.5) is 0 Å². The highest BCUT2D eigenvalue weighted by Gasteiger charge is 2.44. The smallest absolute Gasteiger partial charge is 0.116 e. The second-order valence-electron chi connectivity index (χ2n) is 8.18. The number of hydrogen-bond donors (Lipinski definition) is 1. The Kier molecular flexibility index (Phi) is 12.9. The highest BCUT2D eigenvalue weighted by molar-refractivity contribution is 5.97. The molecule has 0 aliphatic carbocycles. The van der Waals surface area contributed by atoms with E-state index in [4.69, 9.17) is 0 Å². The third-order valence-corrected chi connectivity index (χ3v) is 5.96. The second kappa shape index (κ2) is 15.0. The number of benzene rings is 1. The van der Waals surface area contributed by atoms with Crippen molar-refractivity contribution < 1.29 is 0 Å².